The summed E-state index contributed by atoms with van der Waals surface area (Å²) in [4.78, 5) is 29.4. The molecule has 0 saturated carbocycles. The molecule has 0 spiro atoms. The SMILES string of the molecule is COCCNC(=O)[C@@H](c1cccs1)N(C(=O)Cn1nnc2ccccc21)c1cccc(OC)c1. The van der Waals surface area contributed by atoms with E-state index in [4.69, 9.17) is 9.47 Å². The van der Waals surface area contributed by atoms with Gasteiger partial charge in [0.2, 0.25) is 11.8 Å². The Morgan fingerprint density at radius 3 is 2.74 bits per heavy atom. The van der Waals surface area contributed by atoms with Crippen molar-refractivity contribution in [2.75, 3.05) is 32.3 Å². The zero-order valence-corrected chi connectivity index (χ0v) is 19.7. The molecule has 4 rings (SSSR count). The van der Waals surface area contributed by atoms with Crippen molar-refractivity contribution >= 4 is 39.9 Å². The molecule has 9 nitrogen and oxygen atoms in total. The lowest BCUT2D eigenvalue weighted by Gasteiger charge is -2.31. The summed E-state index contributed by atoms with van der Waals surface area (Å²) in [6.07, 6.45) is 0. The molecule has 0 fully saturated rings. The highest BCUT2D eigenvalue weighted by Gasteiger charge is 2.34. The molecular weight excluding hydrogens is 454 g/mol. The Morgan fingerprint density at radius 2 is 1.97 bits per heavy atom. The Morgan fingerprint density at radius 1 is 1.12 bits per heavy atom. The second-order valence-electron chi connectivity index (χ2n) is 7.40. The number of para-hydroxylation sites is 1. The first-order valence-electron chi connectivity index (χ1n) is 10.7. The minimum atomic E-state index is -0.883. The molecule has 0 unspecified atom stereocenters. The number of thiophene rings is 1. The van der Waals surface area contributed by atoms with Crippen LogP contribution in [0.25, 0.3) is 11.0 Å². The third kappa shape index (κ3) is 5.08. The van der Waals surface area contributed by atoms with E-state index in [9.17, 15) is 9.59 Å². The quantitative estimate of drug-likeness (QED) is 0.351. The van der Waals surface area contributed by atoms with E-state index in [1.807, 2.05) is 41.8 Å². The van der Waals surface area contributed by atoms with Crippen molar-refractivity contribution < 1.29 is 19.1 Å². The Bertz CT molecular complexity index is 1260. The van der Waals surface area contributed by atoms with Crippen LogP contribution >= 0.6 is 11.3 Å². The monoisotopic (exact) mass is 479 g/mol. The average Bonchev–Trinajstić information content (AvgIpc) is 3.53. The smallest absolute Gasteiger partial charge is 0.249 e. The Kier molecular flexibility index (Phi) is 7.51. The number of rotatable bonds is 10. The molecule has 2 heterocycles. The Balaban J connectivity index is 1.75. The molecule has 34 heavy (non-hydrogen) atoms. The highest BCUT2D eigenvalue weighted by molar-refractivity contribution is 7.10. The van der Waals surface area contributed by atoms with Gasteiger partial charge in [0.05, 0.1) is 19.2 Å². The predicted octanol–water partition coefficient (Wildman–Crippen LogP) is 3.04. The van der Waals surface area contributed by atoms with E-state index >= 15 is 0 Å². The van der Waals surface area contributed by atoms with Gasteiger partial charge >= 0.3 is 0 Å². The Hall–Kier alpha value is -3.76. The molecule has 0 aliphatic heterocycles. The molecular formula is C24H25N5O4S. The number of benzene rings is 2. The molecule has 2 aromatic heterocycles. The van der Waals surface area contributed by atoms with Gasteiger partial charge in [0.25, 0.3) is 0 Å². The summed E-state index contributed by atoms with van der Waals surface area (Å²) in [5, 5.41) is 13.1. The number of hydrogen-bond donors (Lipinski definition) is 1. The maximum atomic E-state index is 13.8. The molecule has 0 saturated heterocycles. The van der Waals surface area contributed by atoms with Crippen LogP contribution in [0.1, 0.15) is 10.9 Å². The number of aromatic nitrogens is 3. The molecule has 176 valence electrons. The van der Waals surface area contributed by atoms with Gasteiger partial charge < -0.3 is 14.8 Å². The van der Waals surface area contributed by atoms with Gasteiger partial charge in [-0.1, -0.05) is 29.5 Å². The maximum Gasteiger partial charge on any atom is 0.249 e. The van der Waals surface area contributed by atoms with Crippen molar-refractivity contribution in [3.63, 3.8) is 0 Å². The van der Waals surface area contributed by atoms with Gasteiger partial charge in [0.1, 0.15) is 23.9 Å². The highest BCUT2D eigenvalue weighted by Crippen LogP contribution is 2.33. The van der Waals surface area contributed by atoms with Gasteiger partial charge in [-0.2, -0.15) is 0 Å². The summed E-state index contributed by atoms with van der Waals surface area (Å²) < 4.78 is 12.0. The number of fused-ring (bicyclic) bond motifs is 1. The topological polar surface area (TPSA) is 98.6 Å². The molecule has 0 bridgehead atoms. The summed E-state index contributed by atoms with van der Waals surface area (Å²) in [5.41, 5.74) is 1.96. The number of carbonyl (C=O) groups excluding carboxylic acids is 2. The second kappa shape index (κ2) is 10.9. The fourth-order valence-electron chi connectivity index (χ4n) is 3.63. The van der Waals surface area contributed by atoms with Crippen LogP contribution in [0.5, 0.6) is 5.75 Å². The fraction of sp³-hybridized carbons (Fsp3) is 0.250. The van der Waals surface area contributed by atoms with Crippen molar-refractivity contribution in [1.82, 2.24) is 20.3 Å². The van der Waals surface area contributed by atoms with Crippen molar-refractivity contribution in [2.24, 2.45) is 0 Å². The third-order valence-electron chi connectivity index (χ3n) is 5.23. The van der Waals surface area contributed by atoms with Gasteiger partial charge in [-0.3, -0.25) is 14.5 Å². The normalized spacial score (nSPS) is 11.8. The molecule has 0 aliphatic carbocycles. The molecule has 2 amide bonds. The van der Waals surface area contributed by atoms with E-state index in [0.29, 0.717) is 30.1 Å². The van der Waals surface area contributed by atoms with E-state index in [1.165, 1.54) is 16.2 Å². The first kappa shape index (κ1) is 23.4. The standard InChI is InChI=1S/C24H25N5O4S/c1-32-13-12-25-24(31)23(21-11-6-14-34-21)29(17-7-5-8-18(15-17)33-2)22(30)16-28-20-10-4-3-9-19(20)26-27-28/h3-11,14-15,23H,12-13,16H2,1-2H3,(H,25,31)/t23-/m1/s1. The van der Waals surface area contributed by atoms with Crippen LogP contribution in [0.15, 0.2) is 66.0 Å². The minimum absolute atomic E-state index is 0.0923. The number of ether oxygens (including phenoxy) is 2. The molecule has 0 aliphatic rings. The number of nitrogens with zero attached hydrogens (tertiary/aromatic N) is 4. The van der Waals surface area contributed by atoms with Crippen LogP contribution in [0.3, 0.4) is 0 Å². The number of nitrogens with one attached hydrogen (secondary N) is 1. The summed E-state index contributed by atoms with van der Waals surface area (Å²) in [6.45, 7) is 0.594. The maximum absolute atomic E-state index is 13.8. The zero-order valence-electron chi connectivity index (χ0n) is 18.9. The largest absolute Gasteiger partial charge is 0.497 e. The molecule has 1 atom stereocenters. The van der Waals surface area contributed by atoms with Crippen LogP contribution in [0, 0.1) is 0 Å². The number of methoxy groups -OCH3 is 2. The van der Waals surface area contributed by atoms with Gasteiger partial charge in [-0.05, 0) is 35.7 Å². The summed E-state index contributed by atoms with van der Waals surface area (Å²) in [5.74, 6) is -0.0467. The lowest BCUT2D eigenvalue weighted by atomic mass is 10.1. The zero-order chi connectivity index (χ0) is 23.9. The van der Waals surface area contributed by atoms with Gasteiger partial charge in [-0.15, -0.1) is 16.4 Å². The second-order valence-corrected chi connectivity index (χ2v) is 8.38. The van der Waals surface area contributed by atoms with E-state index in [1.54, 1.807) is 43.2 Å². The molecule has 2 aromatic carbocycles. The van der Waals surface area contributed by atoms with Crippen LogP contribution in [-0.4, -0.2) is 54.2 Å². The van der Waals surface area contributed by atoms with Crippen LogP contribution in [0.2, 0.25) is 0 Å². The van der Waals surface area contributed by atoms with Crippen LogP contribution in [0.4, 0.5) is 5.69 Å². The van der Waals surface area contributed by atoms with Gasteiger partial charge in [0.15, 0.2) is 0 Å². The summed E-state index contributed by atoms with van der Waals surface area (Å²) in [7, 11) is 3.12. The van der Waals surface area contributed by atoms with Gasteiger partial charge in [-0.25, -0.2) is 4.68 Å². The number of hydrogen-bond acceptors (Lipinski definition) is 7. The van der Waals surface area contributed by atoms with Crippen LogP contribution < -0.4 is 15.0 Å². The van der Waals surface area contributed by atoms with E-state index in [-0.39, 0.29) is 18.4 Å². The summed E-state index contributed by atoms with van der Waals surface area (Å²) >= 11 is 1.41. The van der Waals surface area contributed by atoms with Crippen molar-refractivity contribution in [1.29, 1.82) is 0 Å². The average molecular weight is 480 g/mol. The molecule has 0 radical (unpaired) electrons. The lowest BCUT2D eigenvalue weighted by molar-refractivity contribution is -0.127. The molecule has 1 N–H and O–H groups in total. The number of amides is 2. The van der Waals surface area contributed by atoms with Crippen LogP contribution in [-0.2, 0) is 20.9 Å². The van der Waals surface area contributed by atoms with Crippen molar-refractivity contribution in [3.05, 3.63) is 70.9 Å². The van der Waals surface area contributed by atoms with E-state index in [2.05, 4.69) is 15.6 Å². The third-order valence-corrected chi connectivity index (χ3v) is 6.15. The van der Waals surface area contributed by atoms with Crippen molar-refractivity contribution in [3.8, 4) is 5.75 Å². The number of anilines is 1. The molecule has 4 aromatic rings. The van der Waals surface area contributed by atoms with Crippen molar-refractivity contribution in [2.45, 2.75) is 12.6 Å². The highest BCUT2D eigenvalue weighted by atomic mass is 32.1. The minimum Gasteiger partial charge on any atom is -0.497 e. The lowest BCUT2D eigenvalue weighted by Crippen LogP contribution is -2.45. The van der Waals surface area contributed by atoms with E-state index in [0.717, 1.165) is 10.4 Å². The fourth-order valence-corrected chi connectivity index (χ4v) is 4.44. The first-order chi connectivity index (χ1) is 16.6. The summed E-state index contributed by atoms with van der Waals surface area (Å²) in [6, 6.07) is 17.3. The first-order valence-corrected chi connectivity index (χ1v) is 11.5. The number of carbonyl (C=O) groups is 2. The predicted molar refractivity (Wildman–Crippen MR) is 130 cm³/mol. The molecule has 10 heteroatoms. The van der Waals surface area contributed by atoms with E-state index < -0.39 is 6.04 Å². The Labute approximate surface area is 200 Å². The van der Waals surface area contributed by atoms with Gasteiger partial charge in [0, 0.05) is 30.3 Å².